The van der Waals surface area contributed by atoms with E-state index in [2.05, 4.69) is 26.0 Å². The zero-order valence-electron chi connectivity index (χ0n) is 33.1. The second kappa shape index (κ2) is 9.19. The lowest BCUT2D eigenvalue weighted by molar-refractivity contribution is 0.662. The van der Waals surface area contributed by atoms with Crippen LogP contribution < -0.4 is 0 Å². The van der Waals surface area contributed by atoms with Crippen molar-refractivity contribution in [3.05, 3.63) is 157 Å². The molecule has 0 saturated heterocycles. The van der Waals surface area contributed by atoms with Gasteiger partial charge in [-0.15, -0.1) is 0 Å². The molecule has 9 aromatic rings. The summed E-state index contributed by atoms with van der Waals surface area (Å²) in [4.78, 5) is 0. The summed E-state index contributed by atoms with van der Waals surface area (Å²) in [5, 5.41) is 4.21. The van der Waals surface area contributed by atoms with E-state index in [1.54, 1.807) is 0 Å². The SMILES string of the molecule is [2H]c1c([2H])c([2H])c2c(-c3cccc4oc5cc6ccccc6cc5c34)c3c([2H])c([2H])c([2H])c([2H])c3c(-c3cccc4c3C(C)(C)c3ccccc3-4)c2c1[2H]. The fraction of sp³-hybridized carbons (Fsp3) is 0.0667. The van der Waals surface area contributed by atoms with Crippen LogP contribution in [-0.4, -0.2) is 0 Å². The molecule has 0 aliphatic heterocycles. The maximum absolute atomic E-state index is 9.55. The molecule has 0 amide bonds. The van der Waals surface area contributed by atoms with Gasteiger partial charge in [-0.1, -0.05) is 141 Å². The Morgan fingerprint density at radius 2 is 1.04 bits per heavy atom. The number of benzene rings is 8. The van der Waals surface area contributed by atoms with Crippen molar-refractivity contribution in [2.45, 2.75) is 19.3 Å². The van der Waals surface area contributed by atoms with Crippen molar-refractivity contribution in [1.82, 2.24) is 0 Å². The first-order chi connectivity index (χ1) is 25.9. The average molecular weight is 595 g/mol. The highest BCUT2D eigenvalue weighted by atomic mass is 16.3. The maximum Gasteiger partial charge on any atom is 0.136 e. The molecule has 216 valence electrons. The highest BCUT2D eigenvalue weighted by Crippen LogP contribution is 2.55. The molecule has 46 heavy (non-hydrogen) atoms. The van der Waals surface area contributed by atoms with E-state index in [1.807, 2.05) is 84.9 Å². The Balaban J connectivity index is 1.48. The topological polar surface area (TPSA) is 13.1 Å². The first-order valence-electron chi connectivity index (χ1n) is 19.5. The number of hydrogen-bond acceptors (Lipinski definition) is 1. The lowest BCUT2D eigenvalue weighted by atomic mass is 9.76. The minimum Gasteiger partial charge on any atom is -0.456 e. The van der Waals surface area contributed by atoms with Gasteiger partial charge in [-0.3, -0.25) is 0 Å². The Bertz CT molecular complexity index is 3090. The molecule has 0 fully saturated rings. The zero-order chi connectivity index (χ0) is 37.5. The molecule has 0 unspecified atom stereocenters. The molecule has 1 heterocycles. The third kappa shape index (κ3) is 3.35. The van der Waals surface area contributed by atoms with Gasteiger partial charge in [0.1, 0.15) is 11.2 Å². The molecule has 0 atom stereocenters. The maximum atomic E-state index is 9.55. The van der Waals surface area contributed by atoms with Crippen LogP contribution >= 0.6 is 0 Å². The quantitative estimate of drug-likeness (QED) is 0.181. The van der Waals surface area contributed by atoms with Gasteiger partial charge in [0.05, 0.1) is 11.0 Å². The van der Waals surface area contributed by atoms with Gasteiger partial charge >= 0.3 is 0 Å². The van der Waals surface area contributed by atoms with Crippen LogP contribution in [0.5, 0.6) is 0 Å². The number of fused-ring (bicyclic) bond motifs is 9. The summed E-state index contributed by atoms with van der Waals surface area (Å²) in [7, 11) is 0. The van der Waals surface area contributed by atoms with Crippen LogP contribution in [0.2, 0.25) is 0 Å². The van der Waals surface area contributed by atoms with Crippen LogP contribution in [0, 0.1) is 0 Å². The van der Waals surface area contributed by atoms with Crippen molar-refractivity contribution < 1.29 is 15.4 Å². The second-order valence-electron chi connectivity index (χ2n) is 12.6. The van der Waals surface area contributed by atoms with E-state index in [4.69, 9.17) is 9.90 Å². The predicted molar refractivity (Wildman–Crippen MR) is 195 cm³/mol. The number of furan rings is 1. The summed E-state index contributed by atoms with van der Waals surface area (Å²) in [6.07, 6.45) is 0. The summed E-state index contributed by atoms with van der Waals surface area (Å²) in [5.74, 6) is 0. The van der Waals surface area contributed by atoms with Gasteiger partial charge in [-0.05, 0) is 95.0 Å². The summed E-state index contributed by atoms with van der Waals surface area (Å²) in [6, 6.07) is 28.7. The normalized spacial score (nSPS) is 16.0. The van der Waals surface area contributed by atoms with Gasteiger partial charge in [-0.25, -0.2) is 0 Å². The summed E-state index contributed by atoms with van der Waals surface area (Å²) in [5.41, 5.74) is 6.56. The molecule has 1 aromatic heterocycles. The lowest BCUT2D eigenvalue weighted by Crippen LogP contribution is -2.16. The molecule has 0 N–H and O–H groups in total. The molecular weight excluding hydrogens is 556 g/mol. The van der Waals surface area contributed by atoms with Gasteiger partial charge in [0.15, 0.2) is 0 Å². The first-order valence-corrected chi connectivity index (χ1v) is 15.5. The fourth-order valence-electron chi connectivity index (χ4n) is 7.94. The standard InChI is InChI=1S/C45H30O/c1-45(2)38-23-10-9-15-29(38)34-20-11-22-36(44(34)45)42-32-18-7-5-16-30(32)41(31-17-6-8-19-33(31)42)35-21-12-24-39-43(35)37-25-27-13-3-4-14-28(27)26-40(37)46-39/h3-26H,1-2H3/i5D,6D,7D,8D,16D,17D,18D,19D. The van der Waals surface area contributed by atoms with E-state index in [0.29, 0.717) is 38.8 Å². The monoisotopic (exact) mass is 594 g/mol. The van der Waals surface area contributed by atoms with E-state index in [-0.39, 0.29) is 45.7 Å². The second-order valence-corrected chi connectivity index (χ2v) is 12.6. The smallest absolute Gasteiger partial charge is 0.136 e. The van der Waals surface area contributed by atoms with Crippen LogP contribution in [0.15, 0.2) is 150 Å². The van der Waals surface area contributed by atoms with E-state index in [9.17, 15) is 5.48 Å². The first kappa shape index (κ1) is 19.0. The van der Waals surface area contributed by atoms with Crippen molar-refractivity contribution in [1.29, 1.82) is 0 Å². The molecule has 10 rings (SSSR count). The zero-order valence-corrected chi connectivity index (χ0v) is 25.1. The van der Waals surface area contributed by atoms with Crippen LogP contribution in [0.25, 0.3) is 87.6 Å². The van der Waals surface area contributed by atoms with Crippen LogP contribution in [-0.2, 0) is 5.41 Å². The molecule has 1 aliphatic rings. The number of hydrogen-bond donors (Lipinski definition) is 0. The van der Waals surface area contributed by atoms with Crippen molar-refractivity contribution in [3.63, 3.8) is 0 Å². The third-order valence-electron chi connectivity index (χ3n) is 9.86. The fourth-order valence-corrected chi connectivity index (χ4v) is 7.94. The Kier molecular flexibility index (Phi) is 3.79. The van der Waals surface area contributed by atoms with Crippen molar-refractivity contribution in [3.8, 4) is 33.4 Å². The van der Waals surface area contributed by atoms with Gasteiger partial charge < -0.3 is 4.42 Å². The van der Waals surface area contributed by atoms with Gasteiger partial charge in [-0.2, -0.15) is 0 Å². The largest absolute Gasteiger partial charge is 0.456 e. The minimum absolute atomic E-state index is 0.182. The highest BCUT2D eigenvalue weighted by Gasteiger charge is 2.38. The van der Waals surface area contributed by atoms with Crippen molar-refractivity contribution >= 4 is 54.3 Å². The molecule has 1 nitrogen and oxygen atoms in total. The van der Waals surface area contributed by atoms with E-state index in [0.717, 1.165) is 38.4 Å². The van der Waals surface area contributed by atoms with E-state index >= 15 is 0 Å². The minimum atomic E-state index is -0.541. The third-order valence-corrected chi connectivity index (χ3v) is 9.86. The Morgan fingerprint density at radius 1 is 0.500 bits per heavy atom. The highest BCUT2D eigenvalue weighted by molar-refractivity contribution is 6.26. The predicted octanol–water partition coefficient (Wildman–Crippen LogP) is 12.7. The summed E-state index contributed by atoms with van der Waals surface area (Å²) < 4.78 is 80.4. The summed E-state index contributed by atoms with van der Waals surface area (Å²) >= 11 is 0. The van der Waals surface area contributed by atoms with E-state index in [1.165, 1.54) is 0 Å². The van der Waals surface area contributed by atoms with Gasteiger partial charge in [0, 0.05) is 16.2 Å². The Labute approximate surface area is 278 Å². The van der Waals surface area contributed by atoms with Crippen LogP contribution in [0.4, 0.5) is 0 Å². The van der Waals surface area contributed by atoms with Gasteiger partial charge in [0.2, 0.25) is 0 Å². The number of rotatable bonds is 2. The average Bonchev–Trinajstić information content (AvgIpc) is 3.66. The van der Waals surface area contributed by atoms with Crippen LogP contribution in [0.1, 0.15) is 35.9 Å². The lowest BCUT2D eigenvalue weighted by Gasteiger charge is -2.26. The molecule has 0 spiro atoms. The molecular formula is C45H30O. The molecule has 8 aromatic carbocycles. The summed E-state index contributed by atoms with van der Waals surface area (Å²) in [6.45, 7) is 4.25. The van der Waals surface area contributed by atoms with Crippen LogP contribution in [0.3, 0.4) is 0 Å². The van der Waals surface area contributed by atoms with Crippen molar-refractivity contribution in [2.75, 3.05) is 0 Å². The molecule has 0 saturated carbocycles. The molecule has 1 aliphatic carbocycles. The molecule has 0 bridgehead atoms. The van der Waals surface area contributed by atoms with E-state index < -0.39 is 29.6 Å². The molecule has 1 heteroatoms. The Hall–Kier alpha value is -5.66. The molecule has 0 radical (unpaired) electrons. The Morgan fingerprint density at radius 3 is 1.76 bits per heavy atom. The van der Waals surface area contributed by atoms with Gasteiger partial charge in [0.25, 0.3) is 0 Å². The van der Waals surface area contributed by atoms with Crippen molar-refractivity contribution in [2.24, 2.45) is 0 Å².